The predicted octanol–water partition coefficient (Wildman–Crippen LogP) is 3.27. The Morgan fingerprint density at radius 1 is 1.47 bits per heavy atom. The van der Waals surface area contributed by atoms with Gasteiger partial charge < -0.3 is 5.73 Å². The standard InChI is InChI=1S/C12H17BrN2O2/c1-8(2)5-11(14)7-9-6-10(13)3-4-12(9)15(16)17/h3-4,6,8,11H,5,7,14H2,1-2H3. The van der Waals surface area contributed by atoms with Crippen LogP contribution in [0.25, 0.3) is 0 Å². The van der Waals surface area contributed by atoms with Gasteiger partial charge in [0.25, 0.3) is 5.69 Å². The predicted molar refractivity (Wildman–Crippen MR) is 71.9 cm³/mol. The topological polar surface area (TPSA) is 69.2 Å². The van der Waals surface area contributed by atoms with Crippen LogP contribution < -0.4 is 5.73 Å². The summed E-state index contributed by atoms with van der Waals surface area (Å²) in [6, 6.07) is 4.93. The van der Waals surface area contributed by atoms with Gasteiger partial charge in [-0.05, 0) is 30.9 Å². The summed E-state index contributed by atoms with van der Waals surface area (Å²) in [5, 5.41) is 10.9. The Labute approximate surface area is 109 Å². The molecule has 1 aromatic carbocycles. The molecule has 0 fully saturated rings. The lowest BCUT2D eigenvalue weighted by atomic mass is 9.97. The Kier molecular flexibility index (Phi) is 5.08. The highest BCUT2D eigenvalue weighted by atomic mass is 79.9. The van der Waals surface area contributed by atoms with E-state index in [-0.39, 0.29) is 16.7 Å². The second-order valence-electron chi connectivity index (χ2n) is 4.62. The molecular formula is C12H17BrN2O2. The molecule has 1 unspecified atom stereocenters. The number of nitro groups is 1. The van der Waals surface area contributed by atoms with E-state index in [4.69, 9.17) is 5.73 Å². The largest absolute Gasteiger partial charge is 0.327 e. The molecule has 0 radical (unpaired) electrons. The van der Waals surface area contributed by atoms with Crippen LogP contribution in [-0.4, -0.2) is 11.0 Å². The van der Waals surface area contributed by atoms with Crippen molar-refractivity contribution in [1.82, 2.24) is 0 Å². The highest BCUT2D eigenvalue weighted by Gasteiger charge is 2.16. The lowest BCUT2D eigenvalue weighted by Crippen LogP contribution is -2.25. The number of nitrogens with zero attached hydrogens (tertiary/aromatic N) is 1. The van der Waals surface area contributed by atoms with E-state index in [1.54, 1.807) is 12.1 Å². The van der Waals surface area contributed by atoms with Crippen molar-refractivity contribution in [1.29, 1.82) is 0 Å². The molecule has 0 bridgehead atoms. The fraction of sp³-hybridized carbons (Fsp3) is 0.500. The molecule has 0 aromatic heterocycles. The van der Waals surface area contributed by atoms with E-state index in [1.807, 2.05) is 0 Å². The molecule has 0 aliphatic carbocycles. The van der Waals surface area contributed by atoms with Gasteiger partial charge in [0.05, 0.1) is 4.92 Å². The molecule has 0 saturated heterocycles. The molecule has 0 aliphatic rings. The smallest absolute Gasteiger partial charge is 0.272 e. The number of halogens is 1. The van der Waals surface area contributed by atoms with Crippen molar-refractivity contribution in [3.05, 3.63) is 38.3 Å². The highest BCUT2D eigenvalue weighted by molar-refractivity contribution is 9.10. The molecule has 17 heavy (non-hydrogen) atoms. The van der Waals surface area contributed by atoms with Crippen molar-refractivity contribution in [2.45, 2.75) is 32.7 Å². The number of benzene rings is 1. The van der Waals surface area contributed by atoms with Gasteiger partial charge in [-0.2, -0.15) is 0 Å². The van der Waals surface area contributed by atoms with Gasteiger partial charge in [-0.15, -0.1) is 0 Å². The van der Waals surface area contributed by atoms with Crippen molar-refractivity contribution < 1.29 is 4.92 Å². The van der Waals surface area contributed by atoms with E-state index >= 15 is 0 Å². The van der Waals surface area contributed by atoms with Crippen LogP contribution in [0.2, 0.25) is 0 Å². The van der Waals surface area contributed by atoms with Crippen molar-refractivity contribution in [3.8, 4) is 0 Å². The lowest BCUT2D eigenvalue weighted by molar-refractivity contribution is -0.385. The third kappa shape index (κ3) is 4.44. The van der Waals surface area contributed by atoms with Crippen LogP contribution in [0, 0.1) is 16.0 Å². The molecule has 1 rings (SSSR count). The van der Waals surface area contributed by atoms with Gasteiger partial charge in [-0.25, -0.2) is 0 Å². The summed E-state index contributed by atoms with van der Waals surface area (Å²) in [7, 11) is 0. The summed E-state index contributed by atoms with van der Waals surface area (Å²) in [6.45, 7) is 4.18. The summed E-state index contributed by atoms with van der Waals surface area (Å²) in [5.41, 5.74) is 6.83. The Bertz CT molecular complexity index is 407. The van der Waals surface area contributed by atoms with Crippen molar-refractivity contribution in [3.63, 3.8) is 0 Å². The third-order valence-electron chi connectivity index (χ3n) is 2.49. The normalized spacial score (nSPS) is 12.8. The van der Waals surface area contributed by atoms with Crippen LogP contribution in [0.15, 0.2) is 22.7 Å². The molecule has 0 heterocycles. The molecule has 94 valence electrons. The van der Waals surface area contributed by atoms with Crippen molar-refractivity contribution in [2.24, 2.45) is 11.7 Å². The molecule has 2 N–H and O–H groups in total. The maximum absolute atomic E-state index is 10.9. The average molecular weight is 301 g/mol. The average Bonchev–Trinajstić information content (AvgIpc) is 2.15. The Hall–Kier alpha value is -0.940. The molecule has 5 heteroatoms. The molecule has 1 atom stereocenters. The van der Waals surface area contributed by atoms with Gasteiger partial charge >= 0.3 is 0 Å². The number of nitrogens with two attached hydrogens (primary N) is 1. The van der Waals surface area contributed by atoms with Crippen molar-refractivity contribution in [2.75, 3.05) is 0 Å². The van der Waals surface area contributed by atoms with Gasteiger partial charge in [-0.3, -0.25) is 10.1 Å². The summed E-state index contributed by atoms with van der Waals surface area (Å²) in [5.74, 6) is 0.496. The molecule has 1 aromatic rings. The Balaban J connectivity index is 2.88. The van der Waals surface area contributed by atoms with E-state index in [0.29, 0.717) is 17.9 Å². The van der Waals surface area contributed by atoms with Crippen LogP contribution in [0.4, 0.5) is 5.69 Å². The number of hydrogen-bond acceptors (Lipinski definition) is 3. The monoisotopic (exact) mass is 300 g/mol. The Morgan fingerprint density at radius 2 is 2.12 bits per heavy atom. The molecule has 0 saturated carbocycles. The summed E-state index contributed by atoms with van der Waals surface area (Å²) >= 11 is 3.32. The van der Waals surface area contributed by atoms with Gasteiger partial charge in [0.2, 0.25) is 0 Å². The fourth-order valence-corrected chi connectivity index (χ4v) is 2.28. The van der Waals surface area contributed by atoms with Gasteiger partial charge in [0.1, 0.15) is 0 Å². The van der Waals surface area contributed by atoms with Crippen LogP contribution in [0.5, 0.6) is 0 Å². The highest BCUT2D eigenvalue weighted by Crippen LogP contribution is 2.24. The number of hydrogen-bond donors (Lipinski definition) is 1. The zero-order valence-corrected chi connectivity index (χ0v) is 11.6. The molecule has 0 spiro atoms. The lowest BCUT2D eigenvalue weighted by Gasteiger charge is -2.14. The molecule has 0 aliphatic heterocycles. The fourth-order valence-electron chi connectivity index (χ4n) is 1.87. The maximum Gasteiger partial charge on any atom is 0.272 e. The first-order valence-corrected chi connectivity index (χ1v) is 6.38. The van der Waals surface area contributed by atoms with E-state index in [9.17, 15) is 10.1 Å². The van der Waals surface area contributed by atoms with Crippen LogP contribution >= 0.6 is 15.9 Å². The minimum atomic E-state index is -0.357. The van der Waals surface area contributed by atoms with Crippen LogP contribution in [0.1, 0.15) is 25.8 Å². The van der Waals surface area contributed by atoms with E-state index < -0.39 is 0 Å². The molecule has 0 amide bonds. The summed E-state index contributed by atoms with van der Waals surface area (Å²) in [4.78, 5) is 10.5. The van der Waals surface area contributed by atoms with Crippen LogP contribution in [-0.2, 0) is 6.42 Å². The molecule has 4 nitrogen and oxygen atoms in total. The zero-order valence-electron chi connectivity index (χ0n) is 10.0. The second-order valence-corrected chi connectivity index (χ2v) is 5.54. The minimum Gasteiger partial charge on any atom is -0.327 e. The maximum atomic E-state index is 10.9. The summed E-state index contributed by atoms with van der Waals surface area (Å²) < 4.78 is 0.842. The van der Waals surface area contributed by atoms with Gasteiger partial charge in [-0.1, -0.05) is 29.8 Å². The second kappa shape index (κ2) is 6.12. The first kappa shape index (κ1) is 14.1. The van der Waals surface area contributed by atoms with E-state index in [1.165, 1.54) is 6.07 Å². The van der Waals surface area contributed by atoms with Crippen LogP contribution in [0.3, 0.4) is 0 Å². The SMILES string of the molecule is CC(C)CC(N)Cc1cc(Br)ccc1[N+](=O)[O-]. The molecular weight excluding hydrogens is 284 g/mol. The first-order chi connectivity index (χ1) is 7.90. The van der Waals surface area contributed by atoms with E-state index in [0.717, 1.165) is 10.9 Å². The van der Waals surface area contributed by atoms with Gasteiger partial charge in [0.15, 0.2) is 0 Å². The first-order valence-electron chi connectivity index (χ1n) is 5.58. The minimum absolute atomic E-state index is 0.0389. The van der Waals surface area contributed by atoms with Gasteiger partial charge in [0, 0.05) is 22.1 Å². The number of rotatable bonds is 5. The summed E-state index contributed by atoms with van der Waals surface area (Å²) in [6.07, 6.45) is 1.40. The number of nitro benzene ring substituents is 1. The third-order valence-corrected chi connectivity index (χ3v) is 2.99. The quantitative estimate of drug-likeness (QED) is 0.670. The zero-order chi connectivity index (χ0) is 13.0. The van der Waals surface area contributed by atoms with E-state index in [2.05, 4.69) is 29.8 Å². The van der Waals surface area contributed by atoms with Crippen molar-refractivity contribution >= 4 is 21.6 Å². The Morgan fingerprint density at radius 3 is 2.65 bits per heavy atom.